The van der Waals surface area contributed by atoms with Gasteiger partial charge in [-0.1, -0.05) is 13.3 Å². The van der Waals surface area contributed by atoms with Crippen LogP contribution in [0.2, 0.25) is 0 Å². The van der Waals surface area contributed by atoms with Crippen molar-refractivity contribution in [3.05, 3.63) is 0 Å². The van der Waals surface area contributed by atoms with Crippen LogP contribution in [0.3, 0.4) is 0 Å². The molecule has 0 radical (unpaired) electrons. The van der Waals surface area contributed by atoms with E-state index in [9.17, 15) is 4.79 Å². The molecule has 0 aliphatic carbocycles. The van der Waals surface area contributed by atoms with E-state index >= 15 is 0 Å². The van der Waals surface area contributed by atoms with Gasteiger partial charge in [0.05, 0.1) is 6.61 Å². The minimum Gasteiger partial charge on any atom is -0.466 e. The number of esters is 1. The lowest BCUT2D eigenvalue weighted by atomic mass is 10.1. The Labute approximate surface area is 107 Å². The van der Waals surface area contributed by atoms with Crippen molar-refractivity contribution >= 4 is 5.97 Å². The number of rotatable bonds is 10. The van der Waals surface area contributed by atoms with Crippen molar-refractivity contribution in [1.29, 1.82) is 0 Å². The predicted molar refractivity (Wildman–Crippen MR) is 72.1 cm³/mol. The quantitative estimate of drug-likeness (QED) is 0.436. The Morgan fingerprint density at radius 2 is 1.82 bits per heavy atom. The lowest BCUT2D eigenvalue weighted by Gasteiger charge is -2.25. The monoisotopic (exact) mass is 243 g/mol. The van der Waals surface area contributed by atoms with Crippen LogP contribution in [0.4, 0.5) is 0 Å². The standard InChI is InChI=1S/C14H29NO2/c1-5-11-15(13(3)4)12-9-7-8-10-14(16)17-6-2/h13H,5-12H2,1-4H3. The number of carbonyl (C=O) groups is 1. The van der Waals surface area contributed by atoms with Gasteiger partial charge in [0.25, 0.3) is 0 Å². The van der Waals surface area contributed by atoms with Crippen LogP contribution in [0.15, 0.2) is 0 Å². The highest BCUT2D eigenvalue weighted by Crippen LogP contribution is 2.06. The van der Waals surface area contributed by atoms with E-state index in [0.29, 0.717) is 19.1 Å². The first-order valence-corrected chi connectivity index (χ1v) is 7.01. The number of hydrogen-bond donors (Lipinski definition) is 0. The predicted octanol–water partition coefficient (Wildman–Crippen LogP) is 3.23. The molecule has 0 bridgehead atoms. The smallest absolute Gasteiger partial charge is 0.305 e. The second-order valence-corrected chi connectivity index (χ2v) is 4.75. The summed E-state index contributed by atoms with van der Waals surface area (Å²) < 4.78 is 4.90. The summed E-state index contributed by atoms with van der Waals surface area (Å²) in [6.07, 6.45) is 5.03. The summed E-state index contributed by atoms with van der Waals surface area (Å²) in [6.45, 7) is 11.4. The van der Waals surface area contributed by atoms with Gasteiger partial charge in [-0.25, -0.2) is 0 Å². The summed E-state index contributed by atoms with van der Waals surface area (Å²) >= 11 is 0. The van der Waals surface area contributed by atoms with Crippen LogP contribution in [0.1, 0.15) is 59.8 Å². The highest BCUT2D eigenvalue weighted by atomic mass is 16.5. The topological polar surface area (TPSA) is 29.5 Å². The minimum absolute atomic E-state index is 0.0539. The van der Waals surface area contributed by atoms with E-state index < -0.39 is 0 Å². The van der Waals surface area contributed by atoms with E-state index in [2.05, 4.69) is 25.7 Å². The normalized spacial score (nSPS) is 11.2. The van der Waals surface area contributed by atoms with E-state index in [4.69, 9.17) is 4.74 Å². The molecule has 0 aromatic heterocycles. The molecule has 102 valence electrons. The van der Waals surface area contributed by atoms with Crippen molar-refractivity contribution in [2.24, 2.45) is 0 Å². The average Bonchev–Trinajstić information content (AvgIpc) is 2.27. The van der Waals surface area contributed by atoms with Gasteiger partial charge in [-0.05, 0) is 53.1 Å². The molecular formula is C14H29NO2. The third kappa shape index (κ3) is 9.16. The van der Waals surface area contributed by atoms with Gasteiger partial charge >= 0.3 is 5.97 Å². The fourth-order valence-electron chi connectivity index (χ4n) is 1.91. The second-order valence-electron chi connectivity index (χ2n) is 4.75. The second kappa shape index (κ2) is 10.6. The lowest BCUT2D eigenvalue weighted by Crippen LogP contribution is -2.32. The van der Waals surface area contributed by atoms with Crippen LogP contribution in [0.5, 0.6) is 0 Å². The van der Waals surface area contributed by atoms with E-state index in [-0.39, 0.29) is 5.97 Å². The maximum Gasteiger partial charge on any atom is 0.305 e. The molecule has 3 heteroatoms. The lowest BCUT2D eigenvalue weighted by molar-refractivity contribution is -0.143. The molecule has 0 atom stereocenters. The van der Waals surface area contributed by atoms with E-state index in [1.165, 1.54) is 19.4 Å². The van der Waals surface area contributed by atoms with Gasteiger partial charge in [0.15, 0.2) is 0 Å². The van der Waals surface area contributed by atoms with Crippen LogP contribution < -0.4 is 0 Å². The van der Waals surface area contributed by atoms with Crippen LogP contribution in [0.25, 0.3) is 0 Å². The number of carbonyl (C=O) groups excluding carboxylic acids is 1. The Hall–Kier alpha value is -0.570. The molecule has 0 aliphatic heterocycles. The van der Waals surface area contributed by atoms with Gasteiger partial charge in [0, 0.05) is 12.5 Å². The van der Waals surface area contributed by atoms with Crippen LogP contribution in [0, 0.1) is 0 Å². The number of nitrogens with zero attached hydrogens (tertiary/aromatic N) is 1. The Morgan fingerprint density at radius 3 is 2.35 bits per heavy atom. The molecule has 0 aromatic carbocycles. The van der Waals surface area contributed by atoms with Crippen molar-refractivity contribution in [3.63, 3.8) is 0 Å². The first-order valence-electron chi connectivity index (χ1n) is 7.01. The van der Waals surface area contributed by atoms with Gasteiger partial charge in [-0.15, -0.1) is 0 Å². The molecule has 0 unspecified atom stereocenters. The molecule has 0 spiro atoms. The van der Waals surface area contributed by atoms with E-state index in [1.54, 1.807) is 0 Å². The molecule has 0 saturated heterocycles. The third-order valence-electron chi connectivity index (χ3n) is 2.87. The maximum absolute atomic E-state index is 11.1. The fraction of sp³-hybridized carbons (Fsp3) is 0.929. The molecule has 0 rings (SSSR count). The average molecular weight is 243 g/mol. The molecule has 0 fully saturated rings. The van der Waals surface area contributed by atoms with Gasteiger partial charge in [0.2, 0.25) is 0 Å². The molecule has 17 heavy (non-hydrogen) atoms. The molecule has 0 aromatic rings. The molecule has 0 N–H and O–H groups in total. The summed E-state index contributed by atoms with van der Waals surface area (Å²) in [5.74, 6) is -0.0539. The third-order valence-corrected chi connectivity index (χ3v) is 2.87. The van der Waals surface area contributed by atoms with Gasteiger partial charge < -0.3 is 9.64 Å². The molecule has 0 saturated carbocycles. The van der Waals surface area contributed by atoms with Crippen molar-refractivity contribution in [1.82, 2.24) is 4.90 Å². The molecule has 0 heterocycles. The summed E-state index contributed by atoms with van der Waals surface area (Å²) in [5.41, 5.74) is 0. The zero-order valence-electron chi connectivity index (χ0n) is 12.0. The fourth-order valence-corrected chi connectivity index (χ4v) is 1.91. The van der Waals surface area contributed by atoms with Crippen LogP contribution in [-0.4, -0.2) is 36.6 Å². The first-order chi connectivity index (χ1) is 8.11. The number of hydrogen-bond acceptors (Lipinski definition) is 3. The first kappa shape index (κ1) is 16.4. The number of unbranched alkanes of at least 4 members (excludes halogenated alkanes) is 2. The zero-order chi connectivity index (χ0) is 13.1. The summed E-state index contributed by atoms with van der Waals surface area (Å²) in [6, 6.07) is 0.625. The summed E-state index contributed by atoms with van der Waals surface area (Å²) in [5, 5.41) is 0. The minimum atomic E-state index is -0.0539. The Morgan fingerprint density at radius 1 is 1.12 bits per heavy atom. The Kier molecular flexibility index (Phi) is 10.2. The Bertz CT molecular complexity index is 193. The zero-order valence-corrected chi connectivity index (χ0v) is 12.0. The SMILES string of the molecule is CCCN(CCCCCC(=O)OCC)C(C)C. The van der Waals surface area contributed by atoms with Gasteiger partial charge in [-0.2, -0.15) is 0 Å². The number of ether oxygens (including phenoxy) is 1. The highest BCUT2D eigenvalue weighted by Gasteiger charge is 2.07. The maximum atomic E-state index is 11.1. The van der Waals surface area contributed by atoms with Gasteiger partial charge in [-0.3, -0.25) is 4.79 Å². The molecule has 0 aliphatic rings. The van der Waals surface area contributed by atoms with Crippen LogP contribution >= 0.6 is 0 Å². The van der Waals surface area contributed by atoms with Gasteiger partial charge in [0.1, 0.15) is 0 Å². The van der Waals surface area contributed by atoms with E-state index in [1.807, 2.05) is 6.92 Å². The van der Waals surface area contributed by atoms with Crippen molar-refractivity contribution < 1.29 is 9.53 Å². The summed E-state index contributed by atoms with van der Waals surface area (Å²) in [7, 11) is 0. The van der Waals surface area contributed by atoms with Crippen molar-refractivity contribution in [3.8, 4) is 0 Å². The molecule has 0 amide bonds. The summed E-state index contributed by atoms with van der Waals surface area (Å²) in [4.78, 5) is 13.6. The highest BCUT2D eigenvalue weighted by molar-refractivity contribution is 5.69. The van der Waals surface area contributed by atoms with Crippen LogP contribution in [-0.2, 0) is 9.53 Å². The molecular weight excluding hydrogens is 214 g/mol. The van der Waals surface area contributed by atoms with Crippen molar-refractivity contribution in [2.75, 3.05) is 19.7 Å². The molecule has 3 nitrogen and oxygen atoms in total. The van der Waals surface area contributed by atoms with Crippen molar-refractivity contribution in [2.45, 2.75) is 65.8 Å². The Balaban J connectivity index is 3.51. The van der Waals surface area contributed by atoms with E-state index in [0.717, 1.165) is 19.4 Å². The largest absolute Gasteiger partial charge is 0.466 e.